The van der Waals surface area contributed by atoms with Crippen LogP contribution < -0.4 is 0 Å². The Morgan fingerprint density at radius 2 is 2.12 bits per heavy atom. The van der Waals surface area contributed by atoms with E-state index in [4.69, 9.17) is 4.74 Å². The van der Waals surface area contributed by atoms with Crippen molar-refractivity contribution in [2.24, 2.45) is 4.99 Å². The number of aliphatic imine (C=N–C) groups is 1. The summed E-state index contributed by atoms with van der Waals surface area (Å²) >= 11 is 0. The monoisotopic (exact) mass is 220 g/mol. The highest BCUT2D eigenvalue weighted by Crippen LogP contribution is 2.38. The Bertz CT molecular complexity index is 492. The first-order valence-corrected chi connectivity index (χ1v) is 4.93. The topological polar surface area (TPSA) is 64.7 Å². The van der Waals surface area contributed by atoms with E-state index in [0.717, 1.165) is 5.56 Å². The second-order valence-electron chi connectivity index (χ2n) is 4.20. The van der Waals surface area contributed by atoms with Gasteiger partial charge in [-0.25, -0.2) is 4.99 Å². The third-order valence-electron chi connectivity index (χ3n) is 2.52. The number of nitro benzene ring substituents is 1. The van der Waals surface area contributed by atoms with Crippen molar-refractivity contribution in [2.75, 3.05) is 0 Å². The van der Waals surface area contributed by atoms with Gasteiger partial charge in [-0.1, -0.05) is 0 Å². The van der Waals surface area contributed by atoms with Gasteiger partial charge in [0.15, 0.2) is 5.90 Å². The first kappa shape index (κ1) is 10.6. The quantitative estimate of drug-likeness (QED) is 0.540. The lowest BCUT2D eigenvalue weighted by Crippen LogP contribution is -2.27. The highest BCUT2D eigenvalue weighted by atomic mass is 16.6. The smallest absolute Gasteiger partial charge is 0.271 e. The maximum Gasteiger partial charge on any atom is 0.271 e. The van der Waals surface area contributed by atoms with Crippen molar-refractivity contribution in [1.29, 1.82) is 0 Å². The Balaban J connectivity index is 2.60. The summed E-state index contributed by atoms with van der Waals surface area (Å²) in [5.74, 6) is 0.526. The van der Waals surface area contributed by atoms with Crippen LogP contribution in [0.15, 0.2) is 23.2 Å². The van der Waals surface area contributed by atoms with E-state index in [-0.39, 0.29) is 5.69 Å². The Kier molecular flexibility index (Phi) is 2.18. The minimum absolute atomic E-state index is 0.0491. The number of fused-ring (bicyclic) bond motifs is 1. The molecule has 0 aromatic heterocycles. The van der Waals surface area contributed by atoms with Gasteiger partial charge in [0, 0.05) is 24.6 Å². The van der Waals surface area contributed by atoms with E-state index >= 15 is 0 Å². The molecule has 0 unspecified atom stereocenters. The van der Waals surface area contributed by atoms with E-state index in [1.807, 2.05) is 13.8 Å². The van der Waals surface area contributed by atoms with Crippen molar-refractivity contribution in [1.82, 2.24) is 0 Å². The van der Waals surface area contributed by atoms with Crippen molar-refractivity contribution in [3.8, 4) is 0 Å². The van der Waals surface area contributed by atoms with Crippen molar-refractivity contribution >= 4 is 17.3 Å². The number of nitro groups is 1. The first-order chi connectivity index (χ1) is 7.40. The van der Waals surface area contributed by atoms with Crippen LogP contribution in [0, 0.1) is 10.1 Å². The molecule has 2 rings (SSSR count). The Labute approximate surface area is 92.9 Å². The van der Waals surface area contributed by atoms with E-state index in [9.17, 15) is 10.1 Å². The highest BCUT2D eigenvalue weighted by molar-refractivity contribution is 5.80. The van der Waals surface area contributed by atoms with Crippen molar-refractivity contribution in [2.45, 2.75) is 26.4 Å². The number of ether oxygens (including phenoxy) is 1. The minimum atomic E-state index is -0.490. The zero-order chi connectivity index (χ0) is 11.9. The largest absolute Gasteiger partial charge is 0.470 e. The van der Waals surface area contributed by atoms with Gasteiger partial charge in [-0.15, -0.1) is 0 Å². The summed E-state index contributed by atoms with van der Waals surface area (Å²) in [4.78, 5) is 14.4. The summed E-state index contributed by atoms with van der Waals surface area (Å²) in [7, 11) is 0. The Morgan fingerprint density at radius 1 is 1.44 bits per heavy atom. The molecule has 1 aromatic carbocycles. The number of non-ortho nitro benzene ring substituents is 1. The van der Waals surface area contributed by atoms with Crippen LogP contribution in [0.3, 0.4) is 0 Å². The summed E-state index contributed by atoms with van der Waals surface area (Å²) in [5.41, 5.74) is 1.04. The molecule has 0 spiro atoms. The molecule has 0 aliphatic carbocycles. The molecule has 0 atom stereocenters. The summed E-state index contributed by atoms with van der Waals surface area (Å²) in [6, 6.07) is 4.65. The van der Waals surface area contributed by atoms with Gasteiger partial charge in [-0.3, -0.25) is 10.1 Å². The lowest BCUT2D eigenvalue weighted by atomic mass is 9.95. The maximum atomic E-state index is 10.7. The molecule has 0 radical (unpaired) electrons. The molecule has 1 aliphatic rings. The second kappa shape index (κ2) is 3.30. The van der Waals surface area contributed by atoms with Crippen molar-refractivity contribution in [3.63, 3.8) is 0 Å². The van der Waals surface area contributed by atoms with Crippen molar-refractivity contribution in [3.05, 3.63) is 33.9 Å². The summed E-state index contributed by atoms with van der Waals surface area (Å²) in [6.07, 6.45) is 0. The summed E-state index contributed by atoms with van der Waals surface area (Å²) in [6.45, 7) is 5.56. The van der Waals surface area contributed by atoms with Gasteiger partial charge in [0.2, 0.25) is 0 Å². The normalized spacial score (nSPS) is 17.1. The van der Waals surface area contributed by atoms with Crippen LogP contribution in [-0.4, -0.2) is 10.8 Å². The zero-order valence-corrected chi connectivity index (χ0v) is 9.35. The van der Waals surface area contributed by atoms with Crippen LogP contribution >= 0.6 is 0 Å². The number of hydrogen-bond donors (Lipinski definition) is 0. The van der Waals surface area contributed by atoms with E-state index in [1.165, 1.54) is 12.1 Å². The molecule has 0 bridgehead atoms. The molecule has 84 valence electrons. The van der Waals surface area contributed by atoms with E-state index in [0.29, 0.717) is 11.6 Å². The zero-order valence-electron chi connectivity index (χ0n) is 9.35. The first-order valence-electron chi connectivity index (χ1n) is 4.93. The summed E-state index contributed by atoms with van der Waals surface area (Å²) in [5, 5.41) is 10.7. The van der Waals surface area contributed by atoms with E-state index in [1.54, 1.807) is 13.0 Å². The molecule has 1 heterocycles. The van der Waals surface area contributed by atoms with Gasteiger partial charge in [-0.2, -0.15) is 0 Å². The lowest BCUT2D eigenvalue weighted by molar-refractivity contribution is -0.384. The Hall–Kier alpha value is -1.91. The molecule has 0 saturated heterocycles. The van der Waals surface area contributed by atoms with Crippen LogP contribution in [-0.2, 0) is 10.3 Å². The number of rotatable bonds is 1. The van der Waals surface area contributed by atoms with Gasteiger partial charge in [0.05, 0.1) is 10.6 Å². The number of hydrogen-bond acceptors (Lipinski definition) is 4. The molecule has 0 N–H and O–H groups in total. The fourth-order valence-corrected chi connectivity index (χ4v) is 1.85. The van der Waals surface area contributed by atoms with Gasteiger partial charge in [-0.05, 0) is 19.9 Å². The van der Waals surface area contributed by atoms with Gasteiger partial charge >= 0.3 is 0 Å². The second-order valence-corrected chi connectivity index (χ2v) is 4.20. The van der Waals surface area contributed by atoms with Crippen LogP contribution in [0.1, 0.15) is 26.3 Å². The van der Waals surface area contributed by atoms with Crippen LogP contribution in [0.4, 0.5) is 11.4 Å². The van der Waals surface area contributed by atoms with E-state index in [2.05, 4.69) is 4.99 Å². The molecule has 1 aromatic rings. The molecule has 1 aliphatic heterocycles. The fraction of sp³-hybridized carbons (Fsp3) is 0.364. The van der Waals surface area contributed by atoms with Crippen LogP contribution in [0.2, 0.25) is 0 Å². The molecule has 0 amide bonds. The standard InChI is InChI=1S/C11H12N2O3/c1-7-12-10-6-8(13(14)15)4-5-9(10)11(2,3)16-7/h4-6H,1-3H3. The molecular weight excluding hydrogens is 208 g/mol. The fourth-order valence-electron chi connectivity index (χ4n) is 1.85. The average Bonchev–Trinajstić information content (AvgIpc) is 2.14. The van der Waals surface area contributed by atoms with Gasteiger partial charge < -0.3 is 4.74 Å². The predicted octanol–water partition coefficient (Wildman–Crippen LogP) is 2.91. The number of benzene rings is 1. The van der Waals surface area contributed by atoms with Gasteiger partial charge in [0.25, 0.3) is 5.69 Å². The van der Waals surface area contributed by atoms with Gasteiger partial charge in [0.1, 0.15) is 5.60 Å². The predicted molar refractivity (Wildman–Crippen MR) is 60.0 cm³/mol. The maximum absolute atomic E-state index is 10.7. The third-order valence-corrected chi connectivity index (χ3v) is 2.52. The molecule has 5 nitrogen and oxygen atoms in total. The number of nitrogens with zero attached hydrogens (tertiary/aromatic N) is 2. The van der Waals surface area contributed by atoms with E-state index < -0.39 is 10.5 Å². The third kappa shape index (κ3) is 1.64. The molecular formula is C11H12N2O3. The highest BCUT2D eigenvalue weighted by Gasteiger charge is 2.30. The molecule has 5 heteroatoms. The minimum Gasteiger partial charge on any atom is -0.470 e. The molecule has 0 saturated carbocycles. The Morgan fingerprint density at radius 3 is 2.75 bits per heavy atom. The van der Waals surface area contributed by atoms with Crippen molar-refractivity contribution < 1.29 is 9.66 Å². The average molecular weight is 220 g/mol. The lowest BCUT2D eigenvalue weighted by Gasteiger charge is -2.31. The van der Waals surface area contributed by atoms with Crippen LogP contribution in [0.25, 0.3) is 0 Å². The molecule has 16 heavy (non-hydrogen) atoms. The van der Waals surface area contributed by atoms with Crippen LogP contribution in [0.5, 0.6) is 0 Å². The SMILES string of the molecule is CC1=Nc2cc([N+](=O)[O-])ccc2C(C)(C)O1. The summed E-state index contributed by atoms with van der Waals surface area (Å²) < 4.78 is 5.58. The molecule has 0 fully saturated rings.